The van der Waals surface area contributed by atoms with E-state index in [-0.39, 0.29) is 23.0 Å². The van der Waals surface area contributed by atoms with Crippen molar-refractivity contribution in [2.45, 2.75) is 59.0 Å². The van der Waals surface area contributed by atoms with E-state index in [2.05, 4.69) is 20.8 Å². The minimum Gasteiger partial charge on any atom is -0.389 e. The van der Waals surface area contributed by atoms with Crippen LogP contribution < -0.4 is 0 Å². The van der Waals surface area contributed by atoms with Crippen LogP contribution in [-0.4, -0.2) is 16.5 Å². The first-order valence-electron chi connectivity index (χ1n) is 6.74. The van der Waals surface area contributed by atoms with Gasteiger partial charge in [-0.25, -0.2) is 0 Å². The molecule has 2 rings (SSSR count). The fourth-order valence-electron chi connectivity index (χ4n) is 3.75. The number of carbonyl (C=O) groups excluding carboxylic acids is 1. The van der Waals surface area contributed by atoms with Crippen molar-refractivity contribution in [1.29, 1.82) is 0 Å². The Morgan fingerprint density at radius 3 is 2.65 bits per heavy atom. The number of hydrogen-bond donors (Lipinski definition) is 1. The van der Waals surface area contributed by atoms with E-state index in [1.54, 1.807) is 0 Å². The largest absolute Gasteiger partial charge is 0.389 e. The first-order chi connectivity index (χ1) is 7.80. The summed E-state index contributed by atoms with van der Waals surface area (Å²) in [6.45, 7) is 8.22. The van der Waals surface area contributed by atoms with Gasteiger partial charge < -0.3 is 5.11 Å². The van der Waals surface area contributed by atoms with Crippen LogP contribution in [0.5, 0.6) is 0 Å². The fourth-order valence-corrected chi connectivity index (χ4v) is 3.75. The van der Waals surface area contributed by atoms with Gasteiger partial charge in [0.1, 0.15) is 0 Å². The maximum Gasteiger partial charge on any atom is 0.161 e. The first-order valence-corrected chi connectivity index (χ1v) is 6.74. The van der Waals surface area contributed by atoms with Gasteiger partial charge in [-0.3, -0.25) is 4.79 Å². The average Bonchev–Trinajstić information content (AvgIpc) is 2.45. The van der Waals surface area contributed by atoms with E-state index < -0.39 is 5.60 Å². The molecular weight excluding hydrogens is 212 g/mol. The average molecular weight is 236 g/mol. The Bertz CT molecular complexity index is 369. The lowest BCUT2D eigenvalue weighted by Crippen LogP contribution is -2.45. The van der Waals surface area contributed by atoms with Crippen LogP contribution >= 0.6 is 0 Å². The molecule has 1 fully saturated rings. The molecule has 1 saturated carbocycles. The molecule has 2 heteroatoms. The second-order valence-corrected chi connectivity index (χ2v) is 6.51. The zero-order valence-electron chi connectivity index (χ0n) is 11.4. The highest BCUT2D eigenvalue weighted by atomic mass is 16.3. The Morgan fingerprint density at radius 2 is 2.06 bits per heavy atom. The highest BCUT2D eigenvalue weighted by Crippen LogP contribution is 2.55. The summed E-state index contributed by atoms with van der Waals surface area (Å²) < 4.78 is 0. The monoisotopic (exact) mass is 236 g/mol. The van der Waals surface area contributed by atoms with Crippen molar-refractivity contribution in [1.82, 2.24) is 0 Å². The molecule has 0 radical (unpaired) electrons. The standard InChI is InChI=1S/C15H24O2/c1-10(2)15(17)8-7-14(4)12(15)6-5-11(3)9-13(14)16/h9-10,12,17H,5-8H2,1-4H3/t12-,14-,15+/m1/s1. The van der Waals surface area contributed by atoms with Gasteiger partial charge in [0.25, 0.3) is 0 Å². The van der Waals surface area contributed by atoms with Crippen molar-refractivity contribution in [2.75, 3.05) is 0 Å². The lowest BCUT2D eigenvalue weighted by Gasteiger charge is -2.39. The number of rotatable bonds is 1. The van der Waals surface area contributed by atoms with Crippen molar-refractivity contribution >= 4 is 5.78 Å². The van der Waals surface area contributed by atoms with E-state index in [0.29, 0.717) is 0 Å². The number of fused-ring (bicyclic) bond motifs is 1. The Labute approximate surface area is 104 Å². The van der Waals surface area contributed by atoms with Crippen LogP contribution in [0, 0.1) is 17.3 Å². The second-order valence-electron chi connectivity index (χ2n) is 6.51. The third kappa shape index (κ3) is 1.77. The van der Waals surface area contributed by atoms with E-state index in [4.69, 9.17) is 0 Å². The SMILES string of the molecule is CC1=CC(=O)[C@]2(C)CC[C@](O)(C(C)C)[C@@H]2CC1. The lowest BCUT2D eigenvalue weighted by molar-refractivity contribution is -0.129. The molecule has 1 N–H and O–H groups in total. The molecule has 0 heterocycles. The van der Waals surface area contributed by atoms with E-state index in [9.17, 15) is 9.90 Å². The molecule has 2 aliphatic rings. The summed E-state index contributed by atoms with van der Waals surface area (Å²) in [6.07, 6.45) is 5.30. The zero-order valence-corrected chi connectivity index (χ0v) is 11.4. The number of carbonyl (C=O) groups is 1. The molecule has 0 saturated heterocycles. The summed E-state index contributed by atoms with van der Waals surface area (Å²) in [7, 11) is 0. The second kappa shape index (κ2) is 3.94. The molecule has 0 amide bonds. The smallest absolute Gasteiger partial charge is 0.161 e. The van der Waals surface area contributed by atoms with Crippen molar-refractivity contribution in [3.8, 4) is 0 Å². The summed E-state index contributed by atoms with van der Waals surface area (Å²) in [4.78, 5) is 12.4. The van der Waals surface area contributed by atoms with Crippen molar-refractivity contribution in [3.05, 3.63) is 11.6 Å². The molecule has 2 nitrogen and oxygen atoms in total. The highest BCUT2D eigenvalue weighted by molar-refractivity contribution is 5.96. The van der Waals surface area contributed by atoms with Gasteiger partial charge in [-0.15, -0.1) is 0 Å². The van der Waals surface area contributed by atoms with Crippen LogP contribution in [0.25, 0.3) is 0 Å². The van der Waals surface area contributed by atoms with Crippen molar-refractivity contribution in [2.24, 2.45) is 17.3 Å². The molecule has 0 aliphatic heterocycles. The van der Waals surface area contributed by atoms with Gasteiger partial charge in [0.2, 0.25) is 0 Å². The van der Waals surface area contributed by atoms with Crippen LogP contribution in [0.2, 0.25) is 0 Å². The molecule has 0 spiro atoms. The van der Waals surface area contributed by atoms with Crippen LogP contribution in [0.4, 0.5) is 0 Å². The van der Waals surface area contributed by atoms with Crippen LogP contribution in [-0.2, 0) is 4.79 Å². The van der Waals surface area contributed by atoms with Gasteiger partial charge in [-0.1, -0.05) is 26.3 Å². The molecule has 0 bridgehead atoms. The van der Waals surface area contributed by atoms with E-state index in [1.165, 1.54) is 0 Å². The summed E-state index contributed by atoms with van der Waals surface area (Å²) >= 11 is 0. The summed E-state index contributed by atoms with van der Waals surface area (Å²) in [5.74, 6) is 0.575. The maximum atomic E-state index is 12.4. The molecule has 3 atom stereocenters. The highest BCUT2D eigenvalue weighted by Gasteiger charge is 2.57. The molecular formula is C15H24O2. The molecule has 0 aromatic rings. The van der Waals surface area contributed by atoms with Gasteiger partial charge in [-0.05, 0) is 44.6 Å². The molecule has 17 heavy (non-hydrogen) atoms. The van der Waals surface area contributed by atoms with Gasteiger partial charge in [0, 0.05) is 11.3 Å². The molecule has 0 aromatic carbocycles. The van der Waals surface area contributed by atoms with E-state index in [1.807, 2.05) is 13.0 Å². The quantitative estimate of drug-likeness (QED) is 0.759. The zero-order chi connectivity index (χ0) is 12.8. The number of allylic oxidation sites excluding steroid dienone is 2. The van der Waals surface area contributed by atoms with Gasteiger partial charge in [0.05, 0.1) is 5.60 Å². The molecule has 0 unspecified atom stereocenters. The topological polar surface area (TPSA) is 37.3 Å². The Morgan fingerprint density at radius 1 is 1.41 bits per heavy atom. The number of hydrogen-bond acceptors (Lipinski definition) is 2. The number of ketones is 1. The van der Waals surface area contributed by atoms with Crippen LogP contribution in [0.1, 0.15) is 53.4 Å². The first kappa shape index (κ1) is 12.8. The third-order valence-corrected chi connectivity index (χ3v) is 5.18. The maximum absolute atomic E-state index is 12.4. The number of aliphatic hydroxyl groups is 1. The van der Waals surface area contributed by atoms with Crippen LogP contribution in [0.15, 0.2) is 11.6 Å². The van der Waals surface area contributed by atoms with E-state index >= 15 is 0 Å². The third-order valence-electron chi connectivity index (χ3n) is 5.18. The predicted molar refractivity (Wildman–Crippen MR) is 68.6 cm³/mol. The minimum atomic E-state index is -0.650. The predicted octanol–water partition coefficient (Wildman–Crippen LogP) is 3.10. The lowest BCUT2D eigenvalue weighted by atomic mass is 9.68. The van der Waals surface area contributed by atoms with Crippen molar-refractivity contribution in [3.63, 3.8) is 0 Å². The Hall–Kier alpha value is -0.630. The van der Waals surface area contributed by atoms with Crippen LogP contribution in [0.3, 0.4) is 0 Å². The molecule has 0 aromatic heterocycles. The van der Waals surface area contributed by atoms with Gasteiger partial charge in [0.15, 0.2) is 5.78 Å². The summed E-state index contributed by atoms with van der Waals surface area (Å²) in [5, 5.41) is 10.9. The Balaban J connectivity index is 2.40. The normalized spacial score (nSPS) is 42.4. The summed E-state index contributed by atoms with van der Waals surface area (Å²) in [6, 6.07) is 0. The molecule has 2 aliphatic carbocycles. The fraction of sp³-hybridized carbons (Fsp3) is 0.800. The summed E-state index contributed by atoms with van der Waals surface area (Å²) in [5.41, 5.74) is 0.177. The van der Waals surface area contributed by atoms with Gasteiger partial charge in [-0.2, -0.15) is 0 Å². The van der Waals surface area contributed by atoms with E-state index in [0.717, 1.165) is 31.3 Å². The van der Waals surface area contributed by atoms with Crippen molar-refractivity contribution < 1.29 is 9.90 Å². The van der Waals surface area contributed by atoms with Gasteiger partial charge >= 0.3 is 0 Å². The minimum absolute atomic E-state index is 0.121. The Kier molecular flexibility index (Phi) is 2.97. The molecule has 96 valence electrons.